The second kappa shape index (κ2) is 8.54. The third kappa shape index (κ3) is 4.47. The van der Waals surface area contributed by atoms with Crippen molar-refractivity contribution in [3.05, 3.63) is 82.1 Å². The van der Waals surface area contributed by atoms with Gasteiger partial charge in [-0.3, -0.25) is 4.79 Å². The predicted molar refractivity (Wildman–Crippen MR) is 107 cm³/mol. The highest BCUT2D eigenvalue weighted by molar-refractivity contribution is 6.33. The van der Waals surface area contributed by atoms with Crippen molar-refractivity contribution in [3.8, 4) is 11.3 Å². The first-order chi connectivity index (χ1) is 13.5. The van der Waals surface area contributed by atoms with Crippen LogP contribution in [0, 0.1) is 6.92 Å². The number of esters is 1. The number of benzene rings is 2. The number of ether oxygens (including phenoxy) is 1. The average Bonchev–Trinajstić information content (AvgIpc) is 3.16. The molecule has 0 radical (unpaired) electrons. The zero-order valence-electron chi connectivity index (χ0n) is 15.2. The number of hydrazone groups is 1. The van der Waals surface area contributed by atoms with Crippen LogP contribution in [-0.2, 0) is 4.74 Å². The van der Waals surface area contributed by atoms with Gasteiger partial charge in [0.1, 0.15) is 11.5 Å². The number of nitrogens with one attached hydrogen (secondary N) is 1. The minimum absolute atomic E-state index is 0.265. The molecule has 6 nitrogen and oxygen atoms in total. The Balaban J connectivity index is 1.67. The van der Waals surface area contributed by atoms with Crippen molar-refractivity contribution in [2.24, 2.45) is 5.10 Å². The van der Waals surface area contributed by atoms with Gasteiger partial charge in [0.2, 0.25) is 0 Å². The topological polar surface area (TPSA) is 80.9 Å². The molecule has 0 saturated carbocycles. The largest absolute Gasteiger partial charge is 0.465 e. The molecule has 0 aliphatic heterocycles. The average molecular weight is 397 g/mol. The number of carbonyl (C=O) groups excluding carboxylic acids is 2. The molecule has 3 rings (SSSR count). The van der Waals surface area contributed by atoms with Crippen LogP contribution in [0.5, 0.6) is 0 Å². The summed E-state index contributed by atoms with van der Waals surface area (Å²) in [7, 11) is 1.29. The quantitative estimate of drug-likeness (QED) is 0.392. The van der Waals surface area contributed by atoms with Gasteiger partial charge >= 0.3 is 5.97 Å². The third-order valence-electron chi connectivity index (χ3n) is 3.96. The Labute approximate surface area is 166 Å². The highest BCUT2D eigenvalue weighted by Crippen LogP contribution is 2.27. The molecule has 0 aliphatic carbocycles. The van der Waals surface area contributed by atoms with E-state index >= 15 is 0 Å². The van der Waals surface area contributed by atoms with E-state index in [1.165, 1.54) is 13.3 Å². The predicted octanol–water partition coefficient (Wildman–Crippen LogP) is 4.46. The summed E-state index contributed by atoms with van der Waals surface area (Å²) in [5.74, 6) is 0.179. The molecule has 0 aliphatic rings. The normalized spacial score (nSPS) is 10.8. The third-order valence-corrected chi connectivity index (χ3v) is 4.27. The van der Waals surface area contributed by atoms with Crippen LogP contribution in [0.15, 0.2) is 64.1 Å². The Morgan fingerprint density at radius 3 is 2.54 bits per heavy atom. The maximum absolute atomic E-state index is 12.0. The molecule has 0 spiro atoms. The van der Waals surface area contributed by atoms with Crippen LogP contribution in [0.4, 0.5) is 0 Å². The molecule has 1 heterocycles. The first-order valence-electron chi connectivity index (χ1n) is 8.36. The lowest BCUT2D eigenvalue weighted by Crippen LogP contribution is -2.17. The SMILES string of the molecule is COC(=O)c1ccc(-c2ccc(/C=N\NC(=O)c3ccc(C)cc3)o2)cc1Cl. The van der Waals surface area contributed by atoms with Gasteiger partial charge in [0.05, 0.1) is 23.9 Å². The fraction of sp³-hybridized carbons (Fsp3) is 0.0952. The van der Waals surface area contributed by atoms with Gasteiger partial charge in [0.15, 0.2) is 0 Å². The lowest BCUT2D eigenvalue weighted by Gasteiger charge is -2.04. The minimum Gasteiger partial charge on any atom is -0.465 e. The molecule has 0 unspecified atom stereocenters. The molecule has 2 aromatic carbocycles. The highest BCUT2D eigenvalue weighted by Gasteiger charge is 2.13. The number of rotatable bonds is 5. The van der Waals surface area contributed by atoms with Crippen molar-refractivity contribution < 1.29 is 18.7 Å². The van der Waals surface area contributed by atoms with E-state index in [9.17, 15) is 9.59 Å². The Bertz CT molecular complexity index is 1040. The van der Waals surface area contributed by atoms with Crippen LogP contribution in [0.1, 0.15) is 32.0 Å². The van der Waals surface area contributed by atoms with E-state index in [1.807, 2.05) is 19.1 Å². The number of amides is 1. The van der Waals surface area contributed by atoms with Gasteiger partial charge in [-0.2, -0.15) is 5.10 Å². The van der Waals surface area contributed by atoms with Crippen molar-refractivity contribution in [3.63, 3.8) is 0 Å². The van der Waals surface area contributed by atoms with E-state index in [0.29, 0.717) is 22.6 Å². The summed E-state index contributed by atoms with van der Waals surface area (Å²) in [6.45, 7) is 1.95. The van der Waals surface area contributed by atoms with Gasteiger partial charge in [-0.25, -0.2) is 10.2 Å². The smallest absolute Gasteiger partial charge is 0.339 e. The lowest BCUT2D eigenvalue weighted by molar-refractivity contribution is 0.0600. The maximum atomic E-state index is 12.0. The van der Waals surface area contributed by atoms with Crippen LogP contribution >= 0.6 is 11.6 Å². The fourth-order valence-electron chi connectivity index (χ4n) is 2.45. The molecule has 28 heavy (non-hydrogen) atoms. The second-order valence-corrected chi connectivity index (χ2v) is 6.36. The van der Waals surface area contributed by atoms with Gasteiger partial charge in [0.25, 0.3) is 5.91 Å². The van der Waals surface area contributed by atoms with Crippen molar-refractivity contribution in [2.75, 3.05) is 7.11 Å². The number of aryl methyl sites for hydroxylation is 1. The molecule has 7 heteroatoms. The summed E-state index contributed by atoms with van der Waals surface area (Å²) in [6, 6.07) is 15.5. The van der Waals surface area contributed by atoms with Crippen LogP contribution in [-0.4, -0.2) is 25.2 Å². The number of carbonyl (C=O) groups is 2. The molecule has 1 amide bonds. The number of furan rings is 1. The Kier molecular flexibility index (Phi) is 5.91. The van der Waals surface area contributed by atoms with E-state index in [-0.39, 0.29) is 16.5 Å². The van der Waals surface area contributed by atoms with Crippen LogP contribution in [0.3, 0.4) is 0 Å². The Hall–Kier alpha value is -3.38. The number of halogens is 1. The zero-order valence-corrected chi connectivity index (χ0v) is 16.0. The minimum atomic E-state index is -0.506. The number of nitrogens with zero attached hydrogens (tertiary/aromatic N) is 1. The molecular formula is C21H17ClN2O4. The number of hydrogen-bond donors (Lipinski definition) is 1. The monoisotopic (exact) mass is 396 g/mol. The van der Waals surface area contributed by atoms with Crippen molar-refractivity contribution >= 4 is 29.7 Å². The number of methoxy groups -OCH3 is 1. The molecule has 0 fully saturated rings. The summed E-state index contributed by atoms with van der Waals surface area (Å²) in [5, 5.41) is 4.17. The van der Waals surface area contributed by atoms with E-state index in [1.54, 1.807) is 42.5 Å². The van der Waals surface area contributed by atoms with Gasteiger partial charge in [-0.05, 0) is 43.3 Å². The standard InChI is InChI=1S/C21H17ClN2O4/c1-13-3-5-14(6-4-13)20(25)24-23-12-16-8-10-19(28-16)15-7-9-17(18(22)11-15)21(26)27-2/h3-12H,1-2H3,(H,24,25)/b23-12-. The second-order valence-electron chi connectivity index (χ2n) is 5.95. The van der Waals surface area contributed by atoms with Crippen molar-refractivity contribution in [1.82, 2.24) is 5.43 Å². The van der Waals surface area contributed by atoms with E-state index in [0.717, 1.165) is 5.56 Å². The van der Waals surface area contributed by atoms with Gasteiger partial charge in [0, 0.05) is 11.1 Å². The van der Waals surface area contributed by atoms with Crippen LogP contribution < -0.4 is 5.43 Å². The molecule has 0 atom stereocenters. The summed E-state index contributed by atoms with van der Waals surface area (Å²) in [5.41, 5.74) is 5.01. The van der Waals surface area contributed by atoms with Gasteiger partial charge in [-0.1, -0.05) is 35.4 Å². The highest BCUT2D eigenvalue weighted by atomic mass is 35.5. The van der Waals surface area contributed by atoms with E-state index < -0.39 is 5.97 Å². The van der Waals surface area contributed by atoms with Crippen molar-refractivity contribution in [1.29, 1.82) is 0 Å². The Morgan fingerprint density at radius 1 is 1.11 bits per heavy atom. The van der Waals surface area contributed by atoms with Crippen molar-refractivity contribution in [2.45, 2.75) is 6.92 Å². The molecule has 1 N–H and O–H groups in total. The first kappa shape index (κ1) is 19.4. The summed E-state index contributed by atoms with van der Waals surface area (Å²) in [6.07, 6.45) is 1.40. The van der Waals surface area contributed by atoms with Crippen LogP contribution in [0.2, 0.25) is 5.02 Å². The summed E-state index contributed by atoms with van der Waals surface area (Å²) < 4.78 is 10.3. The molecule has 142 valence electrons. The summed E-state index contributed by atoms with van der Waals surface area (Å²) >= 11 is 6.13. The maximum Gasteiger partial charge on any atom is 0.339 e. The van der Waals surface area contributed by atoms with Gasteiger partial charge < -0.3 is 9.15 Å². The summed E-state index contributed by atoms with van der Waals surface area (Å²) in [4.78, 5) is 23.6. The molecule has 1 aromatic heterocycles. The first-order valence-corrected chi connectivity index (χ1v) is 8.74. The fourth-order valence-corrected chi connectivity index (χ4v) is 2.70. The van der Waals surface area contributed by atoms with Gasteiger partial charge in [-0.15, -0.1) is 0 Å². The molecule has 0 bridgehead atoms. The molecular weight excluding hydrogens is 380 g/mol. The number of hydrogen-bond acceptors (Lipinski definition) is 5. The zero-order chi connectivity index (χ0) is 20.1. The van der Waals surface area contributed by atoms with E-state index in [4.69, 9.17) is 16.0 Å². The molecule has 0 saturated heterocycles. The molecule has 3 aromatic rings. The van der Waals surface area contributed by atoms with E-state index in [2.05, 4.69) is 15.3 Å². The van der Waals surface area contributed by atoms with Crippen LogP contribution in [0.25, 0.3) is 11.3 Å². The Morgan fingerprint density at radius 2 is 1.86 bits per heavy atom. The lowest BCUT2D eigenvalue weighted by atomic mass is 10.1.